The van der Waals surface area contributed by atoms with Gasteiger partial charge in [-0.1, -0.05) is 6.07 Å². The third kappa shape index (κ3) is 2.46. The lowest BCUT2D eigenvalue weighted by Crippen LogP contribution is -2.15. The highest BCUT2D eigenvalue weighted by atomic mass is 15.0. The molecule has 1 aromatic heterocycles. The predicted octanol–water partition coefficient (Wildman–Crippen LogP) is 3.53. The van der Waals surface area contributed by atoms with Crippen LogP contribution in [0.25, 0.3) is 10.9 Å². The minimum atomic E-state index is 0.758. The van der Waals surface area contributed by atoms with Crippen molar-refractivity contribution in [3.63, 3.8) is 0 Å². The summed E-state index contributed by atoms with van der Waals surface area (Å²) in [6.45, 7) is 6.29. The zero-order chi connectivity index (χ0) is 14.1. The zero-order valence-corrected chi connectivity index (χ0v) is 12.4. The average Bonchev–Trinajstić information content (AvgIpc) is 3.25. The van der Waals surface area contributed by atoms with Crippen LogP contribution in [0, 0.1) is 26.2 Å². The van der Waals surface area contributed by atoms with Crippen molar-refractivity contribution >= 4 is 10.9 Å². The molecule has 1 aromatic carbocycles. The number of terminal acetylenes is 1. The Hall–Kier alpha value is -1.72. The largest absolute Gasteiger partial charge is 0.344 e. The summed E-state index contributed by atoms with van der Waals surface area (Å²) in [5, 5.41) is 4.95. The van der Waals surface area contributed by atoms with Crippen LogP contribution in [-0.2, 0) is 13.1 Å². The van der Waals surface area contributed by atoms with E-state index in [4.69, 9.17) is 6.42 Å². The fourth-order valence-corrected chi connectivity index (χ4v) is 2.82. The van der Waals surface area contributed by atoms with Gasteiger partial charge in [0.1, 0.15) is 0 Å². The second-order valence-electron chi connectivity index (χ2n) is 5.82. The van der Waals surface area contributed by atoms with E-state index in [1.54, 1.807) is 0 Å². The van der Waals surface area contributed by atoms with E-state index in [0.717, 1.165) is 25.6 Å². The monoisotopic (exact) mass is 266 g/mol. The summed E-state index contributed by atoms with van der Waals surface area (Å²) < 4.78 is 2.35. The van der Waals surface area contributed by atoms with Crippen molar-refractivity contribution < 1.29 is 0 Å². The van der Waals surface area contributed by atoms with Crippen LogP contribution in [0.2, 0.25) is 0 Å². The van der Waals surface area contributed by atoms with Crippen LogP contribution in [0.1, 0.15) is 36.1 Å². The van der Waals surface area contributed by atoms with Crippen LogP contribution in [0.3, 0.4) is 0 Å². The zero-order valence-electron chi connectivity index (χ0n) is 12.4. The Bertz CT molecular complexity index is 669. The molecule has 0 amide bonds. The van der Waals surface area contributed by atoms with Crippen LogP contribution in [-0.4, -0.2) is 10.6 Å². The van der Waals surface area contributed by atoms with E-state index >= 15 is 0 Å². The third-order valence-corrected chi connectivity index (χ3v) is 4.36. The van der Waals surface area contributed by atoms with Gasteiger partial charge in [-0.25, -0.2) is 0 Å². The van der Waals surface area contributed by atoms with Crippen molar-refractivity contribution in [1.82, 2.24) is 9.88 Å². The molecule has 20 heavy (non-hydrogen) atoms. The summed E-state index contributed by atoms with van der Waals surface area (Å²) in [5.74, 6) is 2.74. The summed E-state index contributed by atoms with van der Waals surface area (Å²) in [4.78, 5) is 0. The lowest BCUT2D eigenvalue weighted by Gasteiger charge is -2.07. The van der Waals surface area contributed by atoms with Gasteiger partial charge in [0.15, 0.2) is 0 Å². The number of rotatable bonds is 5. The van der Waals surface area contributed by atoms with E-state index in [-0.39, 0.29) is 0 Å². The van der Waals surface area contributed by atoms with E-state index in [0.29, 0.717) is 0 Å². The van der Waals surface area contributed by atoms with Crippen LogP contribution >= 0.6 is 0 Å². The van der Waals surface area contributed by atoms with E-state index < -0.39 is 0 Å². The second kappa shape index (κ2) is 5.34. The van der Waals surface area contributed by atoms with Crippen molar-refractivity contribution in [2.24, 2.45) is 0 Å². The molecule has 0 aliphatic heterocycles. The van der Waals surface area contributed by atoms with Crippen LogP contribution < -0.4 is 5.32 Å². The molecular weight excluding hydrogens is 244 g/mol. The van der Waals surface area contributed by atoms with Crippen molar-refractivity contribution in [3.05, 3.63) is 35.0 Å². The van der Waals surface area contributed by atoms with E-state index in [2.05, 4.69) is 47.9 Å². The number of nitrogens with one attached hydrogen (secondary N) is 1. The molecule has 104 valence electrons. The van der Waals surface area contributed by atoms with Gasteiger partial charge in [-0.15, -0.1) is 12.3 Å². The Balaban J connectivity index is 1.92. The van der Waals surface area contributed by atoms with E-state index in [1.807, 2.05) is 0 Å². The second-order valence-corrected chi connectivity index (χ2v) is 5.82. The Labute approximate surface area is 121 Å². The maximum atomic E-state index is 5.40. The molecule has 1 aliphatic carbocycles. The van der Waals surface area contributed by atoms with Crippen molar-refractivity contribution in [3.8, 4) is 12.3 Å². The lowest BCUT2D eigenvalue weighted by atomic mass is 10.1. The summed E-state index contributed by atoms with van der Waals surface area (Å²) >= 11 is 0. The number of benzene rings is 1. The fraction of sp³-hybridized carbons (Fsp3) is 0.444. The van der Waals surface area contributed by atoms with Crippen molar-refractivity contribution in [2.75, 3.05) is 0 Å². The molecule has 2 aromatic rings. The molecule has 1 N–H and O–H groups in total. The Morgan fingerprint density at radius 3 is 2.85 bits per heavy atom. The van der Waals surface area contributed by atoms with Gasteiger partial charge >= 0.3 is 0 Å². The molecule has 1 heterocycles. The Morgan fingerprint density at radius 1 is 1.35 bits per heavy atom. The van der Waals surface area contributed by atoms with Crippen LogP contribution in [0.5, 0.6) is 0 Å². The van der Waals surface area contributed by atoms with Gasteiger partial charge in [-0.05, 0) is 49.9 Å². The van der Waals surface area contributed by atoms with Crippen molar-refractivity contribution in [2.45, 2.75) is 52.2 Å². The molecule has 1 fully saturated rings. The minimum absolute atomic E-state index is 0.758. The molecule has 1 aliphatic rings. The minimum Gasteiger partial charge on any atom is -0.344 e. The molecule has 0 saturated heterocycles. The maximum Gasteiger partial charge on any atom is 0.0485 e. The highest BCUT2D eigenvalue weighted by Crippen LogP contribution is 2.27. The number of hydrogen-bond acceptors (Lipinski definition) is 1. The van der Waals surface area contributed by atoms with Gasteiger partial charge in [0, 0.05) is 42.1 Å². The smallest absolute Gasteiger partial charge is 0.0485 e. The topological polar surface area (TPSA) is 17.0 Å². The summed E-state index contributed by atoms with van der Waals surface area (Å²) in [6, 6.07) is 7.58. The molecule has 0 atom stereocenters. The normalized spacial score (nSPS) is 14.7. The first-order chi connectivity index (χ1) is 9.70. The third-order valence-electron chi connectivity index (χ3n) is 4.36. The highest BCUT2D eigenvalue weighted by molar-refractivity contribution is 5.86. The number of nitrogens with zero attached hydrogens (tertiary/aromatic N) is 1. The molecule has 2 nitrogen and oxygen atoms in total. The summed E-state index contributed by atoms with van der Waals surface area (Å²) in [5.41, 5.74) is 5.40. The summed E-state index contributed by atoms with van der Waals surface area (Å²) in [7, 11) is 0. The first-order valence-corrected chi connectivity index (χ1v) is 7.46. The van der Waals surface area contributed by atoms with E-state index in [9.17, 15) is 0 Å². The van der Waals surface area contributed by atoms with Crippen LogP contribution in [0.15, 0.2) is 18.2 Å². The molecule has 0 radical (unpaired) electrons. The molecular formula is C18H22N2. The van der Waals surface area contributed by atoms with Gasteiger partial charge in [0.25, 0.3) is 0 Å². The molecule has 0 bridgehead atoms. The first-order valence-electron chi connectivity index (χ1n) is 7.46. The van der Waals surface area contributed by atoms with Gasteiger partial charge in [-0.2, -0.15) is 0 Å². The number of hydrogen-bond donors (Lipinski definition) is 1. The quantitative estimate of drug-likeness (QED) is 0.819. The SMILES string of the molecule is C#CCCn1c(C)c(C)c2cc(CNC3CC3)ccc21. The first kappa shape index (κ1) is 13.3. The van der Waals surface area contributed by atoms with Gasteiger partial charge in [0.2, 0.25) is 0 Å². The standard InChI is InChI=1S/C18H22N2/c1-4-5-10-20-14(3)13(2)17-11-15(6-9-18(17)20)12-19-16-7-8-16/h1,6,9,11,16,19H,5,7-8,10,12H2,2-3H3. The molecule has 2 heteroatoms. The lowest BCUT2D eigenvalue weighted by molar-refractivity contribution is 0.688. The number of aryl methyl sites for hydroxylation is 2. The molecule has 3 rings (SSSR count). The number of aromatic nitrogens is 1. The molecule has 1 saturated carbocycles. The Morgan fingerprint density at radius 2 is 2.15 bits per heavy atom. The van der Waals surface area contributed by atoms with Gasteiger partial charge in [0.05, 0.1) is 0 Å². The van der Waals surface area contributed by atoms with Crippen LogP contribution in [0.4, 0.5) is 0 Å². The highest BCUT2D eigenvalue weighted by Gasteiger charge is 2.20. The van der Waals surface area contributed by atoms with Gasteiger partial charge in [-0.3, -0.25) is 0 Å². The average molecular weight is 266 g/mol. The maximum absolute atomic E-state index is 5.40. The molecule has 0 unspecified atom stereocenters. The molecule has 0 spiro atoms. The predicted molar refractivity (Wildman–Crippen MR) is 84.7 cm³/mol. The van der Waals surface area contributed by atoms with Gasteiger partial charge < -0.3 is 9.88 Å². The van der Waals surface area contributed by atoms with E-state index in [1.165, 1.54) is 40.6 Å². The summed E-state index contributed by atoms with van der Waals surface area (Å²) in [6.07, 6.45) is 8.86. The number of fused-ring (bicyclic) bond motifs is 1. The fourth-order valence-electron chi connectivity index (χ4n) is 2.82. The Kier molecular flexibility index (Phi) is 3.54. The van der Waals surface area contributed by atoms with Crippen molar-refractivity contribution in [1.29, 1.82) is 0 Å².